The molecule has 0 aromatic rings. The van der Waals surface area contributed by atoms with Gasteiger partial charge >= 0.3 is 11.9 Å². The lowest BCUT2D eigenvalue weighted by atomic mass is 10.1. The van der Waals surface area contributed by atoms with Gasteiger partial charge in [-0.2, -0.15) is 0 Å². The molecule has 0 bridgehead atoms. The van der Waals surface area contributed by atoms with Gasteiger partial charge in [0, 0.05) is 0 Å². The van der Waals surface area contributed by atoms with E-state index >= 15 is 0 Å². The third-order valence-electron chi connectivity index (χ3n) is 2.75. The molecule has 0 aromatic heterocycles. The minimum absolute atomic E-state index is 0.213. The topological polar surface area (TPSA) is 43.4 Å². The second kappa shape index (κ2) is 7.20. The van der Waals surface area contributed by atoms with Crippen molar-refractivity contribution in [3.05, 3.63) is 12.2 Å². The van der Waals surface area contributed by atoms with Gasteiger partial charge in [0.2, 0.25) is 0 Å². The normalized spacial score (nSPS) is 20.7. The number of ether oxygens (including phenoxy) is 1. The van der Waals surface area contributed by atoms with Crippen LogP contribution >= 0.6 is 0 Å². The largest absolute Gasteiger partial charge is 0.393 e. The van der Waals surface area contributed by atoms with E-state index in [9.17, 15) is 9.59 Å². The molecule has 1 atom stereocenters. The van der Waals surface area contributed by atoms with Gasteiger partial charge in [0.15, 0.2) is 0 Å². The van der Waals surface area contributed by atoms with Crippen molar-refractivity contribution in [2.45, 2.75) is 51.9 Å². The molecular weight excluding hydrogens is 204 g/mol. The predicted octanol–water partition coefficient (Wildman–Crippen LogP) is 2.99. The first kappa shape index (κ1) is 12.9. The zero-order chi connectivity index (χ0) is 11.8. The molecule has 1 heterocycles. The number of allylic oxidation sites excluding steroid dienone is 1. The summed E-state index contributed by atoms with van der Waals surface area (Å²) in [5.41, 5.74) is 0. The summed E-state index contributed by atoms with van der Waals surface area (Å²) >= 11 is 0. The molecule has 1 aliphatic rings. The van der Waals surface area contributed by atoms with Crippen molar-refractivity contribution in [3.8, 4) is 0 Å². The summed E-state index contributed by atoms with van der Waals surface area (Å²) in [4.78, 5) is 21.9. The summed E-state index contributed by atoms with van der Waals surface area (Å²) in [7, 11) is 0. The molecule has 0 aliphatic carbocycles. The van der Waals surface area contributed by atoms with Gasteiger partial charge in [-0.1, -0.05) is 44.8 Å². The highest BCUT2D eigenvalue weighted by Gasteiger charge is 2.30. The Kier molecular flexibility index (Phi) is 5.83. The van der Waals surface area contributed by atoms with Crippen LogP contribution in [0.3, 0.4) is 0 Å². The quantitative estimate of drug-likeness (QED) is 0.289. The smallest absolute Gasteiger partial charge is 0.321 e. The fourth-order valence-electron chi connectivity index (χ4n) is 1.77. The third kappa shape index (κ3) is 4.60. The molecule has 0 spiro atoms. The first-order chi connectivity index (χ1) is 7.74. The van der Waals surface area contributed by atoms with Crippen molar-refractivity contribution in [3.63, 3.8) is 0 Å². The van der Waals surface area contributed by atoms with Crippen LogP contribution in [-0.4, -0.2) is 11.9 Å². The fraction of sp³-hybridized carbons (Fsp3) is 0.692. The number of unbranched alkanes of at least 4 members (excludes halogenated alkanes) is 5. The predicted molar refractivity (Wildman–Crippen MR) is 61.7 cm³/mol. The van der Waals surface area contributed by atoms with E-state index in [1.807, 2.05) is 12.2 Å². The molecule has 1 aliphatic heterocycles. The van der Waals surface area contributed by atoms with Crippen molar-refractivity contribution >= 4 is 11.9 Å². The molecule has 1 rings (SSSR count). The Morgan fingerprint density at radius 3 is 2.62 bits per heavy atom. The highest BCUT2D eigenvalue weighted by atomic mass is 16.6. The summed E-state index contributed by atoms with van der Waals surface area (Å²) in [5.74, 6) is -1.13. The van der Waals surface area contributed by atoms with Crippen molar-refractivity contribution < 1.29 is 14.3 Å². The van der Waals surface area contributed by atoms with Gasteiger partial charge in [-0.05, 0) is 12.8 Å². The Morgan fingerprint density at radius 2 is 2.00 bits per heavy atom. The third-order valence-corrected chi connectivity index (χ3v) is 2.75. The SMILES string of the molecule is CCCCCCCC=CC1CC(=O)OC1=O. The number of hydrogen-bond donors (Lipinski definition) is 0. The standard InChI is InChI=1S/C13H20O3/c1-2-3-4-5-6-7-8-9-11-10-12(14)16-13(11)15/h8-9,11H,2-7,10H2,1H3. The zero-order valence-electron chi connectivity index (χ0n) is 9.91. The molecule has 0 amide bonds. The van der Waals surface area contributed by atoms with Crippen LogP contribution in [0.2, 0.25) is 0 Å². The zero-order valence-corrected chi connectivity index (χ0v) is 9.91. The maximum atomic E-state index is 11.1. The van der Waals surface area contributed by atoms with E-state index in [2.05, 4.69) is 11.7 Å². The maximum Gasteiger partial charge on any atom is 0.321 e. The van der Waals surface area contributed by atoms with Gasteiger partial charge in [-0.15, -0.1) is 0 Å². The first-order valence-electron chi connectivity index (χ1n) is 6.15. The second-order valence-corrected chi connectivity index (χ2v) is 4.23. The van der Waals surface area contributed by atoms with Crippen molar-refractivity contribution in [1.29, 1.82) is 0 Å². The molecule has 16 heavy (non-hydrogen) atoms. The van der Waals surface area contributed by atoms with E-state index in [4.69, 9.17) is 0 Å². The van der Waals surface area contributed by atoms with Crippen LogP contribution in [0.25, 0.3) is 0 Å². The van der Waals surface area contributed by atoms with Gasteiger partial charge in [0.05, 0.1) is 12.3 Å². The molecule has 3 heteroatoms. The molecule has 90 valence electrons. The van der Waals surface area contributed by atoms with Crippen molar-refractivity contribution in [2.24, 2.45) is 5.92 Å². The van der Waals surface area contributed by atoms with Gasteiger partial charge in [0.1, 0.15) is 0 Å². The molecule has 0 radical (unpaired) electrons. The van der Waals surface area contributed by atoms with Gasteiger partial charge in [0.25, 0.3) is 0 Å². The number of carbonyl (C=O) groups excluding carboxylic acids is 2. The molecule has 0 aromatic carbocycles. The van der Waals surface area contributed by atoms with E-state index in [-0.39, 0.29) is 12.3 Å². The Bertz CT molecular complexity index is 268. The summed E-state index contributed by atoms with van der Waals surface area (Å²) in [6.07, 6.45) is 11.3. The molecule has 1 unspecified atom stereocenters. The van der Waals surface area contributed by atoms with Crippen LogP contribution in [-0.2, 0) is 14.3 Å². The van der Waals surface area contributed by atoms with E-state index < -0.39 is 11.9 Å². The summed E-state index contributed by atoms with van der Waals surface area (Å²) in [5, 5.41) is 0. The lowest BCUT2D eigenvalue weighted by Gasteiger charge is -1.97. The minimum Gasteiger partial charge on any atom is -0.393 e. The van der Waals surface area contributed by atoms with Crippen LogP contribution in [0.15, 0.2) is 12.2 Å². The molecule has 3 nitrogen and oxygen atoms in total. The summed E-state index contributed by atoms with van der Waals surface area (Å²) in [6, 6.07) is 0. The number of carbonyl (C=O) groups is 2. The van der Waals surface area contributed by atoms with E-state index in [0.717, 1.165) is 12.8 Å². The average Bonchev–Trinajstić information content (AvgIpc) is 2.56. The first-order valence-corrected chi connectivity index (χ1v) is 6.15. The van der Waals surface area contributed by atoms with Crippen LogP contribution < -0.4 is 0 Å². The van der Waals surface area contributed by atoms with Crippen LogP contribution in [0.5, 0.6) is 0 Å². The van der Waals surface area contributed by atoms with Gasteiger partial charge in [-0.25, -0.2) is 0 Å². The number of rotatable bonds is 7. The lowest BCUT2D eigenvalue weighted by Crippen LogP contribution is -2.03. The summed E-state index contributed by atoms with van der Waals surface area (Å²) in [6.45, 7) is 2.20. The van der Waals surface area contributed by atoms with E-state index in [0.29, 0.717) is 0 Å². The van der Waals surface area contributed by atoms with E-state index in [1.54, 1.807) is 0 Å². The van der Waals surface area contributed by atoms with Gasteiger partial charge < -0.3 is 4.74 Å². The highest BCUT2D eigenvalue weighted by Crippen LogP contribution is 2.17. The number of esters is 2. The van der Waals surface area contributed by atoms with E-state index in [1.165, 1.54) is 25.7 Å². The van der Waals surface area contributed by atoms with Crippen LogP contribution in [0.1, 0.15) is 51.9 Å². The van der Waals surface area contributed by atoms with Crippen LogP contribution in [0.4, 0.5) is 0 Å². The Morgan fingerprint density at radius 1 is 1.25 bits per heavy atom. The maximum absolute atomic E-state index is 11.1. The average molecular weight is 224 g/mol. The molecule has 1 saturated heterocycles. The van der Waals surface area contributed by atoms with Gasteiger partial charge in [-0.3, -0.25) is 9.59 Å². The van der Waals surface area contributed by atoms with Crippen LogP contribution in [0, 0.1) is 5.92 Å². The molecule has 0 N–H and O–H groups in total. The number of cyclic esters (lactones) is 2. The molecule has 0 saturated carbocycles. The second-order valence-electron chi connectivity index (χ2n) is 4.23. The fourth-order valence-corrected chi connectivity index (χ4v) is 1.77. The minimum atomic E-state index is -0.400. The molecular formula is C13H20O3. The Balaban J connectivity index is 2.08. The number of hydrogen-bond acceptors (Lipinski definition) is 3. The monoisotopic (exact) mass is 224 g/mol. The summed E-state index contributed by atoms with van der Waals surface area (Å²) < 4.78 is 4.45. The Hall–Kier alpha value is -1.12. The molecule has 1 fully saturated rings. The van der Waals surface area contributed by atoms with Crippen molar-refractivity contribution in [2.75, 3.05) is 0 Å². The van der Waals surface area contributed by atoms with Crippen molar-refractivity contribution in [1.82, 2.24) is 0 Å². The highest BCUT2D eigenvalue weighted by molar-refractivity contribution is 5.95. The lowest BCUT2D eigenvalue weighted by molar-refractivity contribution is -0.152. The Labute approximate surface area is 96.9 Å².